The first-order valence-electron chi connectivity index (χ1n) is 16.1. The van der Waals surface area contributed by atoms with Gasteiger partial charge in [0.05, 0.1) is 11.8 Å². The summed E-state index contributed by atoms with van der Waals surface area (Å²) in [7, 11) is 2.15. The number of likely N-dealkylation sites (N-methyl/N-ethyl adjacent to an activating group) is 1. The van der Waals surface area contributed by atoms with Crippen LogP contribution in [0.2, 0.25) is 0 Å². The van der Waals surface area contributed by atoms with Crippen molar-refractivity contribution in [2.24, 2.45) is 11.8 Å². The number of piperazine rings is 1. The molecule has 4 atom stereocenters. The average Bonchev–Trinajstić information content (AvgIpc) is 3.72. The van der Waals surface area contributed by atoms with Crippen molar-refractivity contribution in [1.82, 2.24) is 20.1 Å². The maximum absolute atomic E-state index is 14.0. The fraction of sp³-hybridized carbons (Fsp3) is 0.588. The number of fused-ring (bicyclic) bond motifs is 1. The van der Waals surface area contributed by atoms with Crippen LogP contribution in [0.4, 0.5) is 5.13 Å². The first kappa shape index (κ1) is 31.1. The van der Waals surface area contributed by atoms with E-state index in [2.05, 4.69) is 35.2 Å². The first-order chi connectivity index (χ1) is 21.2. The van der Waals surface area contributed by atoms with Gasteiger partial charge in [-0.1, -0.05) is 43.0 Å². The molecule has 4 fully saturated rings. The van der Waals surface area contributed by atoms with E-state index in [4.69, 9.17) is 9.72 Å². The largest absolute Gasteiger partial charge is 0.368 e. The lowest BCUT2D eigenvalue weighted by atomic mass is 9.78. The van der Waals surface area contributed by atoms with Crippen LogP contribution < -0.4 is 10.2 Å². The number of Topliss-reactive ketones (excluding diaryl/α,β-unsaturated/α-hetero) is 1. The molecule has 0 radical (unpaired) electrons. The predicted octanol–water partition coefficient (Wildman–Crippen LogP) is 4.31. The summed E-state index contributed by atoms with van der Waals surface area (Å²) < 4.78 is 5.98. The normalized spacial score (nSPS) is 26.3. The Morgan fingerprint density at radius 1 is 1.09 bits per heavy atom. The van der Waals surface area contributed by atoms with Crippen molar-refractivity contribution in [3.63, 3.8) is 0 Å². The van der Waals surface area contributed by atoms with Crippen molar-refractivity contribution < 1.29 is 19.1 Å². The summed E-state index contributed by atoms with van der Waals surface area (Å²) in [5.74, 6) is -0.430. The van der Waals surface area contributed by atoms with Crippen molar-refractivity contribution in [3.8, 4) is 11.3 Å². The SMILES string of the molecule is CC(C)=CC1CN(C(C=O)(NC(=O)c2ccc(-c3nc(N4CCN(C)CC4)sc3C)cc2)C2CCCCC2)C2C(=O)COC12. The highest BCUT2D eigenvalue weighted by atomic mass is 32.1. The van der Waals surface area contributed by atoms with E-state index in [9.17, 15) is 14.4 Å². The number of rotatable bonds is 8. The number of aldehydes is 1. The Kier molecular flexibility index (Phi) is 9.06. The Morgan fingerprint density at radius 2 is 1.80 bits per heavy atom. The molecule has 4 aliphatic rings. The van der Waals surface area contributed by atoms with Crippen LogP contribution in [0.1, 0.15) is 61.2 Å². The number of nitrogens with zero attached hydrogens (tertiary/aromatic N) is 4. The molecular formula is C34H45N5O4S. The lowest BCUT2D eigenvalue weighted by molar-refractivity contribution is -0.132. The fourth-order valence-corrected chi connectivity index (χ4v) is 8.59. The highest BCUT2D eigenvalue weighted by Crippen LogP contribution is 2.43. The summed E-state index contributed by atoms with van der Waals surface area (Å²) in [4.78, 5) is 53.2. The summed E-state index contributed by atoms with van der Waals surface area (Å²) in [6.07, 6.45) is 7.50. The molecule has 4 unspecified atom stereocenters. The lowest BCUT2D eigenvalue weighted by Crippen LogP contribution is -2.68. The Bertz CT molecular complexity index is 1410. The average molecular weight is 620 g/mol. The number of ketones is 1. The van der Waals surface area contributed by atoms with Crippen LogP contribution in [0.3, 0.4) is 0 Å². The molecule has 0 bridgehead atoms. The fourth-order valence-electron chi connectivity index (χ4n) is 7.61. The van der Waals surface area contributed by atoms with Gasteiger partial charge in [0.2, 0.25) is 0 Å². The van der Waals surface area contributed by atoms with E-state index in [1.54, 1.807) is 11.3 Å². The third-order valence-corrected chi connectivity index (χ3v) is 11.0. The van der Waals surface area contributed by atoms with Crippen LogP contribution >= 0.6 is 11.3 Å². The molecular weight excluding hydrogens is 574 g/mol. The van der Waals surface area contributed by atoms with Crippen molar-refractivity contribution in [1.29, 1.82) is 0 Å². The first-order valence-corrected chi connectivity index (χ1v) is 16.9. The highest BCUT2D eigenvalue weighted by Gasteiger charge is 2.59. The smallest absolute Gasteiger partial charge is 0.253 e. The molecule has 10 heteroatoms. The van der Waals surface area contributed by atoms with Crippen LogP contribution in [-0.2, 0) is 14.3 Å². The number of likely N-dealkylation sites (tertiary alicyclic amines) is 1. The molecule has 9 nitrogen and oxygen atoms in total. The quantitative estimate of drug-likeness (QED) is 0.345. The molecule has 1 amide bonds. The number of amides is 1. The number of hydrogen-bond acceptors (Lipinski definition) is 9. The molecule has 1 saturated carbocycles. The number of carbonyl (C=O) groups excluding carboxylic acids is 3. The van der Waals surface area contributed by atoms with Gasteiger partial charge in [-0.05, 0) is 52.8 Å². The molecule has 3 saturated heterocycles. The van der Waals surface area contributed by atoms with Crippen LogP contribution in [0.15, 0.2) is 35.9 Å². The van der Waals surface area contributed by atoms with Crippen molar-refractivity contribution >= 4 is 34.4 Å². The van der Waals surface area contributed by atoms with Gasteiger partial charge in [-0.15, -0.1) is 11.3 Å². The maximum Gasteiger partial charge on any atom is 0.253 e. The Labute approximate surface area is 264 Å². The lowest BCUT2D eigenvalue weighted by Gasteiger charge is -2.47. The zero-order chi connectivity index (χ0) is 31.0. The minimum absolute atomic E-state index is 0.0186. The number of benzene rings is 1. The second-order valence-electron chi connectivity index (χ2n) is 13.2. The molecule has 1 aromatic carbocycles. The summed E-state index contributed by atoms with van der Waals surface area (Å²) >= 11 is 1.71. The molecule has 2 aromatic rings. The number of ether oxygens (including phenoxy) is 1. The van der Waals surface area contributed by atoms with Crippen molar-refractivity contribution in [3.05, 3.63) is 46.4 Å². The number of anilines is 1. The van der Waals surface area contributed by atoms with E-state index in [1.807, 2.05) is 43.0 Å². The van der Waals surface area contributed by atoms with E-state index in [0.717, 1.165) is 91.4 Å². The van der Waals surface area contributed by atoms with E-state index >= 15 is 0 Å². The van der Waals surface area contributed by atoms with Gasteiger partial charge in [-0.2, -0.15) is 0 Å². The Balaban J connectivity index is 1.26. The van der Waals surface area contributed by atoms with Crippen LogP contribution in [-0.4, -0.2) is 96.9 Å². The second kappa shape index (κ2) is 12.8. The standard InChI is InChI=1S/C34H45N5O4S/c1-22(2)18-26-19-39(30-28(41)20-43-31(26)30)34(21-40,27-8-6-5-7-9-27)36-32(42)25-12-10-24(11-13-25)29-23(3)44-33(35-29)38-16-14-37(4)15-17-38/h10-13,18,21,26-27,30-31H,5-9,14-17,19-20H2,1-4H3,(H,36,42). The molecule has 0 spiro atoms. The minimum Gasteiger partial charge on any atom is -0.368 e. The van der Waals surface area contributed by atoms with Gasteiger partial charge >= 0.3 is 0 Å². The number of carbonyl (C=O) groups is 3. The molecule has 4 heterocycles. The molecule has 236 valence electrons. The summed E-state index contributed by atoms with van der Waals surface area (Å²) in [5.41, 5.74) is 2.24. The Morgan fingerprint density at radius 3 is 2.45 bits per heavy atom. The van der Waals surface area contributed by atoms with Crippen LogP contribution in [0.25, 0.3) is 11.3 Å². The number of nitrogens with one attached hydrogen (secondary N) is 1. The van der Waals surface area contributed by atoms with Crippen LogP contribution in [0, 0.1) is 18.8 Å². The van der Waals surface area contributed by atoms with E-state index < -0.39 is 11.7 Å². The van der Waals surface area contributed by atoms with Crippen LogP contribution in [0.5, 0.6) is 0 Å². The van der Waals surface area contributed by atoms with Crippen molar-refractivity contribution in [2.75, 3.05) is 51.3 Å². The maximum atomic E-state index is 14.0. The summed E-state index contributed by atoms with van der Waals surface area (Å²) in [5, 5.41) is 4.24. The predicted molar refractivity (Wildman–Crippen MR) is 173 cm³/mol. The summed E-state index contributed by atoms with van der Waals surface area (Å²) in [6.45, 7) is 10.7. The van der Waals surface area contributed by atoms with Crippen molar-refractivity contribution in [2.45, 2.75) is 70.7 Å². The van der Waals surface area contributed by atoms with Gasteiger partial charge in [0.25, 0.3) is 5.91 Å². The summed E-state index contributed by atoms with van der Waals surface area (Å²) in [6, 6.07) is 6.97. The minimum atomic E-state index is -1.28. The molecule has 6 rings (SSSR count). The number of allylic oxidation sites excluding steroid dienone is 1. The molecule has 1 aromatic heterocycles. The zero-order valence-corrected chi connectivity index (χ0v) is 27.2. The molecule has 44 heavy (non-hydrogen) atoms. The topological polar surface area (TPSA) is 95.1 Å². The third-order valence-electron chi connectivity index (χ3n) is 9.95. The van der Waals surface area contributed by atoms with Gasteiger partial charge in [0.15, 0.2) is 22.9 Å². The molecule has 1 N–H and O–H groups in total. The molecule has 3 aliphatic heterocycles. The van der Waals surface area contributed by atoms with Gasteiger partial charge in [-0.3, -0.25) is 19.3 Å². The van der Waals surface area contributed by atoms with Gasteiger partial charge in [0.1, 0.15) is 12.6 Å². The van der Waals surface area contributed by atoms with Gasteiger partial charge in [0, 0.05) is 60.6 Å². The highest BCUT2D eigenvalue weighted by molar-refractivity contribution is 7.16. The number of aromatic nitrogens is 1. The molecule has 1 aliphatic carbocycles. The monoisotopic (exact) mass is 619 g/mol. The number of aryl methyl sites for hydroxylation is 1. The van der Waals surface area contributed by atoms with E-state index in [-0.39, 0.29) is 36.2 Å². The third kappa shape index (κ3) is 5.89. The van der Waals surface area contributed by atoms with E-state index in [1.165, 1.54) is 0 Å². The van der Waals surface area contributed by atoms with Gasteiger partial charge in [-0.25, -0.2) is 4.98 Å². The van der Waals surface area contributed by atoms with Gasteiger partial charge < -0.3 is 19.9 Å². The zero-order valence-electron chi connectivity index (χ0n) is 26.4. The number of thiazole rings is 1. The Hall–Kier alpha value is -2.92. The second-order valence-corrected chi connectivity index (χ2v) is 14.4. The number of hydrogen-bond donors (Lipinski definition) is 1. The van der Waals surface area contributed by atoms with E-state index in [0.29, 0.717) is 12.1 Å².